The fourth-order valence-corrected chi connectivity index (χ4v) is 3.97. The number of imidazole rings is 1. The molecule has 6 nitrogen and oxygen atoms in total. The molecule has 1 aliphatic rings. The first-order chi connectivity index (χ1) is 12.1. The second-order valence-electron chi connectivity index (χ2n) is 5.92. The highest BCUT2D eigenvalue weighted by Crippen LogP contribution is 2.37. The number of hydrogen-bond donors (Lipinski definition) is 1. The van der Waals surface area contributed by atoms with Crippen LogP contribution in [0.25, 0.3) is 33.5 Å². The quantitative estimate of drug-likeness (QED) is 0.487. The van der Waals surface area contributed by atoms with Crippen molar-refractivity contribution in [2.24, 2.45) is 0 Å². The fourth-order valence-electron chi connectivity index (χ4n) is 3.29. The lowest BCUT2D eigenvalue weighted by Gasteiger charge is -2.07. The lowest BCUT2D eigenvalue weighted by atomic mass is 10.2. The third kappa shape index (κ3) is 2.30. The molecule has 0 fully saturated rings. The molecule has 8 heteroatoms. The lowest BCUT2D eigenvalue weighted by Crippen LogP contribution is -2.01. The third-order valence-corrected chi connectivity index (χ3v) is 5.01. The maximum Gasteiger partial charge on any atom is 0.293 e. The molecule has 25 heavy (non-hydrogen) atoms. The fraction of sp³-hybridized carbons (Fsp3) is 0.176. The second-order valence-corrected chi connectivity index (χ2v) is 7.24. The second kappa shape index (κ2) is 5.37. The number of nitrogens with zero attached hydrogens (tertiary/aromatic N) is 3. The summed E-state index contributed by atoms with van der Waals surface area (Å²) in [6, 6.07) is 7.79. The van der Waals surface area contributed by atoms with Crippen molar-refractivity contribution in [1.29, 1.82) is 0 Å². The van der Waals surface area contributed by atoms with Gasteiger partial charge in [0.15, 0.2) is 5.58 Å². The van der Waals surface area contributed by atoms with Gasteiger partial charge in [0, 0.05) is 16.6 Å². The standard InChI is InChI=1S/C17H12BrClN4O2/c18-9-6-11-14-13(7-9)24-3-1-2-23(14)16(21-11)8-4-10(19)15-12(5-8)22-17(20)25-15/h4-7H,1-3H2,(H2,20,22). The number of nitrogens with two attached hydrogens (primary N) is 1. The molecule has 5 rings (SSSR count). The number of nitrogen functional groups attached to an aromatic ring is 1. The number of benzene rings is 2. The van der Waals surface area contributed by atoms with Gasteiger partial charge >= 0.3 is 0 Å². The van der Waals surface area contributed by atoms with Gasteiger partial charge in [-0.25, -0.2) is 4.98 Å². The SMILES string of the molecule is Nc1nc2cc(-c3nc4cc(Br)cc5c4n3CCCO5)cc(Cl)c2o1. The van der Waals surface area contributed by atoms with E-state index in [0.29, 0.717) is 22.7 Å². The summed E-state index contributed by atoms with van der Waals surface area (Å²) in [7, 11) is 0. The molecule has 0 radical (unpaired) electrons. The number of fused-ring (bicyclic) bond motifs is 1. The maximum absolute atomic E-state index is 6.36. The number of aryl methyl sites for hydroxylation is 1. The molecule has 2 aromatic heterocycles. The molecular weight excluding hydrogens is 408 g/mol. The zero-order valence-corrected chi connectivity index (χ0v) is 15.3. The molecule has 2 aromatic carbocycles. The summed E-state index contributed by atoms with van der Waals surface area (Å²) in [5.41, 5.74) is 9.49. The number of oxazole rings is 1. The van der Waals surface area contributed by atoms with Crippen LogP contribution in [0.2, 0.25) is 5.02 Å². The summed E-state index contributed by atoms with van der Waals surface area (Å²) in [6.45, 7) is 1.49. The highest BCUT2D eigenvalue weighted by Gasteiger charge is 2.21. The minimum Gasteiger partial charge on any atom is -0.491 e. The monoisotopic (exact) mass is 418 g/mol. The third-order valence-electron chi connectivity index (χ3n) is 4.27. The van der Waals surface area contributed by atoms with Crippen molar-refractivity contribution >= 4 is 55.7 Å². The van der Waals surface area contributed by atoms with Crippen LogP contribution in [0.5, 0.6) is 5.75 Å². The van der Waals surface area contributed by atoms with Gasteiger partial charge in [-0.3, -0.25) is 0 Å². The number of anilines is 1. The predicted molar refractivity (Wildman–Crippen MR) is 100.0 cm³/mol. The molecule has 0 unspecified atom stereocenters. The van der Waals surface area contributed by atoms with Gasteiger partial charge in [0.1, 0.15) is 22.6 Å². The van der Waals surface area contributed by atoms with Crippen LogP contribution >= 0.6 is 27.5 Å². The molecule has 0 amide bonds. The zero-order valence-electron chi connectivity index (χ0n) is 12.9. The number of ether oxygens (including phenoxy) is 1. The smallest absolute Gasteiger partial charge is 0.293 e. The lowest BCUT2D eigenvalue weighted by molar-refractivity contribution is 0.315. The predicted octanol–water partition coefficient (Wildman–Crippen LogP) is 4.63. The summed E-state index contributed by atoms with van der Waals surface area (Å²) >= 11 is 9.89. The molecule has 0 spiro atoms. The summed E-state index contributed by atoms with van der Waals surface area (Å²) in [5.74, 6) is 1.66. The van der Waals surface area contributed by atoms with E-state index < -0.39 is 0 Å². The average molecular weight is 420 g/mol. The average Bonchev–Trinajstić information content (AvgIpc) is 3.03. The molecule has 4 aromatic rings. The van der Waals surface area contributed by atoms with Crippen LogP contribution in [0.4, 0.5) is 6.01 Å². The molecule has 0 aliphatic carbocycles. The van der Waals surface area contributed by atoms with Gasteiger partial charge in [0.05, 0.1) is 17.1 Å². The molecule has 3 heterocycles. The van der Waals surface area contributed by atoms with E-state index in [9.17, 15) is 0 Å². The summed E-state index contributed by atoms with van der Waals surface area (Å²) < 4.78 is 14.3. The first-order valence-electron chi connectivity index (χ1n) is 7.78. The zero-order chi connectivity index (χ0) is 17.1. The first kappa shape index (κ1) is 15.0. The normalized spacial score (nSPS) is 14.0. The van der Waals surface area contributed by atoms with Crippen molar-refractivity contribution in [2.75, 3.05) is 12.3 Å². The Bertz CT molecular complexity index is 1150. The van der Waals surface area contributed by atoms with Crippen molar-refractivity contribution in [1.82, 2.24) is 14.5 Å². The van der Waals surface area contributed by atoms with Gasteiger partial charge in [0.2, 0.25) is 0 Å². The van der Waals surface area contributed by atoms with Crippen LogP contribution in [-0.4, -0.2) is 21.1 Å². The molecule has 1 aliphatic heterocycles. The summed E-state index contributed by atoms with van der Waals surface area (Å²) in [5, 5.41) is 0.461. The van der Waals surface area contributed by atoms with E-state index in [4.69, 9.17) is 31.5 Å². The largest absolute Gasteiger partial charge is 0.491 e. The van der Waals surface area contributed by atoms with Crippen LogP contribution in [0.1, 0.15) is 6.42 Å². The Kier molecular flexibility index (Phi) is 3.23. The van der Waals surface area contributed by atoms with Crippen LogP contribution in [0.3, 0.4) is 0 Å². The van der Waals surface area contributed by atoms with Crippen LogP contribution in [0.15, 0.2) is 33.2 Å². The van der Waals surface area contributed by atoms with E-state index in [1.54, 1.807) is 0 Å². The van der Waals surface area contributed by atoms with Gasteiger partial charge in [-0.1, -0.05) is 27.5 Å². The molecule has 0 saturated carbocycles. The van der Waals surface area contributed by atoms with Gasteiger partial charge in [-0.2, -0.15) is 4.98 Å². The minimum atomic E-state index is 0.0973. The highest BCUT2D eigenvalue weighted by molar-refractivity contribution is 9.10. The van der Waals surface area contributed by atoms with E-state index >= 15 is 0 Å². The Labute approximate surface area is 155 Å². The Balaban J connectivity index is 1.82. The van der Waals surface area contributed by atoms with Gasteiger partial charge < -0.3 is 19.5 Å². The van der Waals surface area contributed by atoms with E-state index in [-0.39, 0.29) is 6.01 Å². The van der Waals surface area contributed by atoms with Crippen molar-refractivity contribution < 1.29 is 9.15 Å². The Morgan fingerprint density at radius 1 is 1.16 bits per heavy atom. The molecular formula is C17H12BrClN4O2. The Morgan fingerprint density at radius 3 is 2.92 bits per heavy atom. The van der Waals surface area contributed by atoms with E-state index in [1.165, 1.54) is 0 Å². The number of rotatable bonds is 1. The summed E-state index contributed by atoms with van der Waals surface area (Å²) in [6.07, 6.45) is 0.900. The summed E-state index contributed by atoms with van der Waals surface area (Å²) in [4.78, 5) is 9.01. The molecule has 0 bridgehead atoms. The molecule has 0 atom stereocenters. The Hall–Kier alpha value is -2.25. The van der Waals surface area contributed by atoms with Crippen molar-refractivity contribution in [3.05, 3.63) is 33.8 Å². The van der Waals surface area contributed by atoms with Crippen molar-refractivity contribution in [2.45, 2.75) is 13.0 Å². The number of halogens is 2. The van der Waals surface area contributed by atoms with Crippen LogP contribution < -0.4 is 10.5 Å². The van der Waals surface area contributed by atoms with E-state index in [2.05, 4.69) is 25.5 Å². The molecule has 126 valence electrons. The maximum atomic E-state index is 6.36. The van der Waals surface area contributed by atoms with Gasteiger partial charge in [0.25, 0.3) is 6.01 Å². The first-order valence-corrected chi connectivity index (χ1v) is 8.96. The Morgan fingerprint density at radius 2 is 2.04 bits per heavy atom. The molecule has 0 saturated heterocycles. The topological polar surface area (TPSA) is 79.1 Å². The number of hydrogen-bond acceptors (Lipinski definition) is 5. The molecule has 2 N–H and O–H groups in total. The van der Waals surface area contributed by atoms with Crippen molar-refractivity contribution in [3.63, 3.8) is 0 Å². The highest BCUT2D eigenvalue weighted by atomic mass is 79.9. The van der Waals surface area contributed by atoms with E-state index in [0.717, 1.165) is 45.6 Å². The van der Waals surface area contributed by atoms with Crippen molar-refractivity contribution in [3.8, 4) is 17.1 Å². The van der Waals surface area contributed by atoms with Gasteiger partial charge in [-0.05, 0) is 30.7 Å². The van der Waals surface area contributed by atoms with E-state index in [1.807, 2.05) is 24.3 Å². The van der Waals surface area contributed by atoms with Crippen LogP contribution in [0, 0.1) is 0 Å². The number of aromatic nitrogens is 3. The van der Waals surface area contributed by atoms with Gasteiger partial charge in [-0.15, -0.1) is 0 Å². The van der Waals surface area contributed by atoms with Crippen LogP contribution in [-0.2, 0) is 6.54 Å². The minimum absolute atomic E-state index is 0.0973.